The Labute approximate surface area is 130 Å². The van der Waals surface area contributed by atoms with Crippen LogP contribution >= 0.6 is 0 Å². The third kappa shape index (κ3) is 2.51. The van der Waals surface area contributed by atoms with Crippen molar-refractivity contribution in [1.29, 1.82) is 0 Å². The second-order valence-electron chi connectivity index (χ2n) is 4.73. The molecule has 0 atom stereocenters. The Morgan fingerprint density at radius 1 is 0.913 bits per heavy atom. The van der Waals surface area contributed by atoms with Crippen LogP contribution in [0.3, 0.4) is 0 Å². The average molecular weight is 355 g/mol. The molecule has 0 spiro atoms. The monoisotopic (exact) mass is 355 g/mol. The summed E-state index contributed by atoms with van der Waals surface area (Å²) < 4.78 is 64.5. The first-order valence-electron chi connectivity index (χ1n) is 6.09. The Kier molecular flexibility index (Phi) is 3.30. The van der Waals surface area contributed by atoms with Gasteiger partial charge in [-0.05, 0) is 12.1 Å². The normalized spacial score (nSPS) is 12.8. The molecule has 0 saturated heterocycles. The largest absolute Gasteiger partial charge is 0.506 e. The van der Waals surface area contributed by atoms with Gasteiger partial charge in [-0.1, -0.05) is 18.2 Å². The van der Waals surface area contributed by atoms with Crippen LogP contribution in [0, 0.1) is 0 Å². The van der Waals surface area contributed by atoms with Gasteiger partial charge in [0.05, 0.1) is 10.9 Å². The fourth-order valence-corrected chi connectivity index (χ4v) is 3.79. The fourth-order valence-electron chi connectivity index (χ4n) is 2.39. The molecule has 10 heteroatoms. The molecule has 0 fully saturated rings. The summed E-state index contributed by atoms with van der Waals surface area (Å²) in [6.45, 7) is 0. The summed E-state index contributed by atoms with van der Waals surface area (Å²) in [5.74, 6) is -0.848. The summed E-state index contributed by atoms with van der Waals surface area (Å²) in [6.07, 6.45) is 1.37. The number of phenols is 1. The topological polar surface area (TPSA) is 142 Å². The number of aromatic nitrogens is 1. The number of pyridine rings is 1. The first-order chi connectivity index (χ1) is 10.6. The Balaban J connectivity index is 2.71. The van der Waals surface area contributed by atoms with Crippen LogP contribution in [0.2, 0.25) is 0 Å². The van der Waals surface area contributed by atoms with E-state index in [1.807, 2.05) is 0 Å². The van der Waals surface area contributed by atoms with Crippen LogP contribution in [0.4, 0.5) is 0 Å². The summed E-state index contributed by atoms with van der Waals surface area (Å²) in [4.78, 5) is 2.21. The van der Waals surface area contributed by atoms with E-state index >= 15 is 0 Å². The highest BCUT2D eigenvalue weighted by Gasteiger charge is 2.26. The predicted octanol–water partition coefficient (Wildman–Crippen LogP) is 1.59. The lowest BCUT2D eigenvalue weighted by Crippen LogP contribution is -2.05. The minimum Gasteiger partial charge on any atom is -0.506 e. The number of hydrogen-bond acceptors (Lipinski definition) is 6. The zero-order valence-corrected chi connectivity index (χ0v) is 12.8. The molecule has 3 N–H and O–H groups in total. The molecule has 2 aromatic carbocycles. The van der Waals surface area contributed by atoms with Gasteiger partial charge >= 0.3 is 0 Å². The van der Waals surface area contributed by atoms with E-state index in [0.717, 1.165) is 0 Å². The van der Waals surface area contributed by atoms with Gasteiger partial charge in [0.25, 0.3) is 20.2 Å². The van der Waals surface area contributed by atoms with Gasteiger partial charge in [0.1, 0.15) is 15.5 Å². The maximum absolute atomic E-state index is 11.6. The first-order valence-corrected chi connectivity index (χ1v) is 8.97. The van der Waals surface area contributed by atoms with Crippen LogP contribution in [-0.4, -0.2) is 36.0 Å². The number of aromatic hydroxyl groups is 1. The molecule has 0 aliphatic rings. The molecule has 3 rings (SSSR count). The quantitative estimate of drug-likeness (QED) is 0.465. The molecule has 8 nitrogen and oxygen atoms in total. The van der Waals surface area contributed by atoms with Crippen LogP contribution < -0.4 is 0 Å². The summed E-state index contributed by atoms with van der Waals surface area (Å²) in [7, 11) is -9.74. The third-order valence-electron chi connectivity index (χ3n) is 3.33. The van der Waals surface area contributed by atoms with Crippen LogP contribution in [0.15, 0.2) is 46.3 Å². The molecular weight excluding hydrogens is 346 g/mol. The Morgan fingerprint density at radius 3 is 2.17 bits per heavy atom. The first kappa shape index (κ1) is 15.6. The van der Waals surface area contributed by atoms with E-state index in [0.29, 0.717) is 11.5 Å². The molecule has 3 aromatic rings. The highest BCUT2D eigenvalue weighted by atomic mass is 32.2. The van der Waals surface area contributed by atoms with Gasteiger partial charge in [-0.15, -0.1) is 0 Å². The molecule has 0 aliphatic carbocycles. The van der Waals surface area contributed by atoms with Gasteiger partial charge in [0, 0.05) is 17.0 Å². The number of benzene rings is 2. The Morgan fingerprint density at radius 2 is 1.57 bits per heavy atom. The van der Waals surface area contributed by atoms with E-state index in [4.69, 9.17) is 0 Å². The molecule has 1 heterocycles. The molecule has 0 radical (unpaired) electrons. The molecule has 0 bridgehead atoms. The van der Waals surface area contributed by atoms with E-state index < -0.39 is 35.8 Å². The van der Waals surface area contributed by atoms with Crippen molar-refractivity contribution in [2.45, 2.75) is 9.79 Å². The van der Waals surface area contributed by atoms with Crippen molar-refractivity contribution in [3.8, 4) is 5.75 Å². The molecule has 0 aliphatic heterocycles. The lowest BCUT2D eigenvalue weighted by atomic mass is 10.1. The number of fused-ring (bicyclic) bond motifs is 3. The van der Waals surface area contributed by atoms with Crippen LogP contribution in [-0.2, 0) is 20.2 Å². The molecule has 1 aromatic heterocycles. The smallest absolute Gasteiger partial charge is 0.298 e. The zero-order valence-electron chi connectivity index (χ0n) is 11.2. The molecule has 0 saturated carbocycles. The minimum absolute atomic E-state index is 0.122. The van der Waals surface area contributed by atoms with Crippen molar-refractivity contribution in [3.63, 3.8) is 0 Å². The van der Waals surface area contributed by atoms with E-state index in [1.54, 1.807) is 12.1 Å². The lowest BCUT2D eigenvalue weighted by Gasteiger charge is -2.11. The predicted molar refractivity (Wildman–Crippen MR) is 80.5 cm³/mol. The molecule has 0 amide bonds. The van der Waals surface area contributed by atoms with Crippen molar-refractivity contribution in [2.24, 2.45) is 0 Å². The molecule has 0 unspecified atom stereocenters. The second kappa shape index (κ2) is 4.86. The average Bonchev–Trinajstić information content (AvgIpc) is 2.44. The SMILES string of the molecule is O=S(=O)(O)c1cc(S(=O)(=O)O)c2ccc3cccnc3c2c1O. The third-order valence-corrected chi connectivity index (χ3v) is 5.09. The van der Waals surface area contributed by atoms with Gasteiger partial charge in [0.15, 0.2) is 0 Å². The van der Waals surface area contributed by atoms with Gasteiger partial charge < -0.3 is 5.11 Å². The van der Waals surface area contributed by atoms with Crippen molar-refractivity contribution in [3.05, 3.63) is 36.5 Å². The summed E-state index contributed by atoms with van der Waals surface area (Å²) in [6, 6.07) is 6.52. The van der Waals surface area contributed by atoms with Crippen LogP contribution in [0.25, 0.3) is 21.7 Å². The Hall–Kier alpha value is -2.27. The standard InChI is InChI=1S/C13H9NO7S2/c15-13-10(23(19,20)21)6-9(22(16,17)18)8-4-3-7-2-1-5-14-12(7)11(8)13/h1-6,15H,(H,16,17,18)(H,19,20,21). The maximum atomic E-state index is 11.6. The van der Waals surface area contributed by atoms with E-state index in [1.165, 1.54) is 18.3 Å². The molecule has 23 heavy (non-hydrogen) atoms. The van der Waals surface area contributed by atoms with E-state index in [-0.39, 0.29) is 16.3 Å². The van der Waals surface area contributed by atoms with E-state index in [2.05, 4.69) is 4.98 Å². The number of hydrogen-bond donors (Lipinski definition) is 3. The molecular formula is C13H9NO7S2. The van der Waals surface area contributed by atoms with Crippen LogP contribution in [0.1, 0.15) is 0 Å². The summed E-state index contributed by atoms with van der Waals surface area (Å²) in [5, 5.41) is 10.4. The van der Waals surface area contributed by atoms with E-state index in [9.17, 15) is 31.0 Å². The summed E-state index contributed by atoms with van der Waals surface area (Å²) in [5.41, 5.74) is 0.123. The number of nitrogens with zero attached hydrogens (tertiary/aromatic N) is 1. The Bertz CT molecular complexity index is 1170. The van der Waals surface area contributed by atoms with Crippen LogP contribution in [0.5, 0.6) is 5.75 Å². The van der Waals surface area contributed by atoms with Crippen molar-refractivity contribution in [2.75, 3.05) is 0 Å². The fraction of sp³-hybridized carbons (Fsp3) is 0. The number of phenolic OH excluding ortho intramolecular Hbond substituents is 1. The van der Waals surface area contributed by atoms with Crippen molar-refractivity contribution in [1.82, 2.24) is 4.98 Å². The van der Waals surface area contributed by atoms with Crippen molar-refractivity contribution >= 4 is 41.9 Å². The zero-order chi connectivity index (χ0) is 17.0. The van der Waals surface area contributed by atoms with Gasteiger partial charge in [-0.2, -0.15) is 16.8 Å². The second-order valence-corrected chi connectivity index (χ2v) is 7.51. The highest BCUT2D eigenvalue weighted by molar-refractivity contribution is 7.86. The molecule has 120 valence electrons. The maximum Gasteiger partial charge on any atom is 0.298 e. The summed E-state index contributed by atoms with van der Waals surface area (Å²) >= 11 is 0. The lowest BCUT2D eigenvalue weighted by molar-refractivity contribution is 0.447. The van der Waals surface area contributed by atoms with Crippen molar-refractivity contribution < 1.29 is 31.0 Å². The minimum atomic E-state index is -4.93. The number of rotatable bonds is 2. The van der Waals surface area contributed by atoms with Gasteiger partial charge in [-0.3, -0.25) is 14.1 Å². The van der Waals surface area contributed by atoms with Gasteiger partial charge in [-0.25, -0.2) is 0 Å². The highest BCUT2D eigenvalue weighted by Crippen LogP contribution is 2.39. The van der Waals surface area contributed by atoms with Gasteiger partial charge in [0.2, 0.25) is 0 Å².